The first kappa shape index (κ1) is 14.3. The van der Waals surface area contributed by atoms with E-state index < -0.39 is 0 Å². The highest BCUT2D eigenvalue weighted by atomic mass is 32.1. The van der Waals surface area contributed by atoms with Gasteiger partial charge in [-0.25, -0.2) is 4.98 Å². The molecule has 0 aliphatic rings. The van der Waals surface area contributed by atoms with E-state index >= 15 is 0 Å². The van der Waals surface area contributed by atoms with E-state index in [-0.39, 0.29) is 11.7 Å². The minimum atomic E-state index is -0.158. The molecule has 0 spiro atoms. The van der Waals surface area contributed by atoms with Crippen LogP contribution < -0.4 is 16.4 Å². The zero-order valence-corrected chi connectivity index (χ0v) is 12.2. The number of rotatable bonds is 6. The molecule has 1 amide bonds. The van der Waals surface area contributed by atoms with Crippen LogP contribution in [0.3, 0.4) is 0 Å². The van der Waals surface area contributed by atoms with Crippen LogP contribution in [0.4, 0.5) is 10.9 Å². The largest absolute Gasteiger partial charge is 0.382 e. The van der Waals surface area contributed by atoms with Crippen LogP contribution in [-0.4, -0.2) is 24.5 Å². The normalized spacial score (nSPS) is 10.2. The molecule has 0 radical (unpaired) electrons. The Bertz CT molecular complexity index is 568. The highest BCUT2D eigenvalue weighted by Gasteiger charge is 2.14. The third-order valence-electron chi connectivity index (χ3n) is 2.84. The van der Waals surface area contributed by atoms with E-state index in [4.69, 9.17) is 5.73 Å². The van der Waals surface area contributed by atoms with Crippen molar-refractivity contribution in [2.75, 3.05) is 24.6 Å². The summed E-state index contributed by atoms with van der Waals surface area (Å²) >= 11 is 1.26. The number of aromatic nitrogens is 1. The Morgan fingerprint density at radius 3 is 2.75 bits per heavy atom. The molecule has 4 N–H and O–H groups in total. The monoisotopic (exact) mass is 290 g/mol. The smallest absolute Gasteiger partial charge is 0.265 e. The van der Waals surface area contributed by atoms with Crippen LogP contribution in [-0.2, 0) is 6.42 Å². The maximum atomic E-state index is 12.0. The van der Waals surface area contributed by atoms with Crippen molar-refractivity contribution in [1.82, 2.24) is 10.3 Å². The van der Waals surface area contributed by atoms with Crippen LogP contribution in [0.2, 0.25) is 0 Å². The second-order valence-electron chi connectivity index (χ2n) is 4.33. The summed E-state index contributed by atoms with van der Waals surface area (Å²) in [5.41, 5.74) is 6.99. The molecular formula is C14H18N4OS. The molecule has 1 heterocycles. The Hall–Kier alpha value is -2.08. The fourth-order valence-electron chi connectivity index (χ4n) is 1.82. The van der Waals surface area contributed by atoms with Crippen molar-refractivity contribution in [1.29, 1.82) is 0 Å². The van der Waals surface area contributed by atoms with Gasteiger partial charge in [-0.3, -0.25) is 4.79 Å². The topological polar surface area (TPSA) is 80.0 Å². The van der Waals surface area contributed by atoms with Gasteiger partial charge in [-0.1, -0.05) is 41.7 Å². The molecule has 0 fully saturated rings. The SMILES string of the molecule is CNc1nc(N)c(C(=O)NCCCc2ccccc2)s1. The van der Waals surface area contributed by atoms with E-state index in [2.05, 4.69) is 27.8 Å². The molecular weight excluding hydrogens is 272 g/mol. The zero-order valence-electron chi connectivity index (χ0n) is 11.3. The Morgan fingerprint density at radius 2 is 2.10 bits per heavy atom. The summed E-state index contributed by atoms with van der Waals surface area (Å²) in [5.74, 6) is 0.120. The minimum Gasteiger partial charge on any atom is -0.382 e. The van der Waals surface area contributed by atoms with Crippen molar-refractivity contribution < 1.29 is 4.79 Å². The van der Waals surface area contributed by atoms with Crippen molar-refractivity contribution in [3.8, 4) is 0 Å². The highest BCUT2D eigenvalue weighted by Crippen LogP contribution is 2.24. The van der Waals surface area contributed by atoms with Crippen molar-refractivity contribution >= 4 is 28.2 Å². The van der Waals surface area contributed by atoms with Gasteiger partial charge in [0.05, 0.1) is 0 Å². The maximum Gasteiger partial charge on any atom is 0.265 e. The number of nitrogens with one attached hydrogen (secondary N) is 2. The number of benzene rings is 1. The lowest BCUT2D eigenvalue weighted by atomic mass is 10.1. The molecule has 20 heavy (non-hydrogen) atoms. The predicted molar refractivity (Wildman–Crippen MR) is 83.2 cm³/mol. The van der Waals surface area contributed by atoms with Gasteiger partial charge in [0, 0.05) is 13.6 Å². The van der Waals surface area contributed by atoms with Gasteiger partial charge in [-0.2, -0.15) is 0 Å². The molecule has 0 saturated heterocycles. The molecule has 0 atom stereocenters. The third kappa shape index (κ3) is 3.71. The lowest BCUT2D eigenvalue weighted by Crippen LogP contribution is -2.24. The number of hydrogen-bond donors (Lipinski definition) is 3. The van der Waals surface area contributed by atoms with E-state index in [0.29, 0.717) is 16.6 Å². The third-order valence-corrected chi connectivity index (χ3v) is 3.93. The van der Waals surface area contributed by atoms with Crippen molar-refractivity contribution in [3.05, 3.63) is 40.8 Å². The van der Waals surface area contributed by atoms with Crippen LogP contribution in [0.5, 0.6) is 0 Å². The standard InChI is InChI=1S/C14H18N4OS/c1-16-14-18-12(15)11(20-14)13(19)17-9-5-8-10-6-3-2-4-7-10/h2-4,6-7H,5,8-9,15H2,1H3,(H,16,18)(H,17,19). The molecule has 6 heteroatoms. The van der Waals surface area contributed by atoms with E-state index in [1.165, 1.54) is 16.9 Å². The van der Waals surface area contributed by atoms with Crippen molar-refractivity contribution in [3.63, 3.8) is 0 Å². The molecule has 0 aliphatic carbocycles. The molecule has 5 nitrogen and oxygen atoms in total. The molecule has 2 rings (SSSR count). The average molecular weight is 290 g/mol. The van der Waals surface area contributed by atoms with Gasteiger partial charge in [0.25, 0.3) is 5.91 Å². The molecule has 0 saturated carbocycles. The Labute approximate surface area is 122 Å². The van der Waals surface area contributed by atoms with Crippen LogP contribution in [0.15, 0.2) is 30.3 Å². The van der Waals surface area contributed by atoms with Crippen LogP contribution in [0, 0.1) is 0 Å². The zero-order chi connectivity index (χ0) is 14.4. The van der Waals surface area contributed by atoms with Gasteiger partial charge >= 0.3 is 0 Å². The maximum absolute atomic E-state index is 12.0. The summed E-state index contributed by atoms with van der Waals surface area (Å²) in [5, 5.41) is 6.40. The van der Waals surface area contributed by atoms with Crippen molar-refractivity contribution in [2.45, 2.75) is 12.8 Å². The lowest BCUT2D eigenvalue weighted by Gasteiger charge is -2.04. The van der Waals surface area contributed by atoms with E-state index in [9.17, 15) is 4.79 Å². The second kappa shape index (κ2) is 6.91. The Kier molecular flexibility index (Phi) is 4.95. The first-order valence-corrected chi connectivity index (χ1v) is 7.28. The summed E-state index contributed by atoms with van der Waals surface area (Å²) in [6.45, 7) is 0.625. The summed E-state index contributed by atoms with van der Waals surface area (Å²) in [7, 11) is 1.75. The van der Waals surface area contributed by atoms with Crippen LogP contribution in [0.1, 0.15) is 21.7 Å². The molecule has 106 valence electrons. The Balaban J connectivity index is 1.79. The number of thiazole rings is 1. The summed E-state index contributed by atoms with van der Waals surface area (Å²) in [6.07, 6.45) is 1.84. The van der Waals surface area contributed by atoms with Gasteiger partial charge < -0.3 is 16.4 Å². The molecule has 2 aromatic rings. The number of nitrogens with two attached hydrogens (primary N) is 1. The molecule has 0 aliphatic heterocycles. The fraction of sp³-hybridized carbons (Fsp3) is 0.286. The number of carbonyl (C=O) groups is 1. The molecule has 1 aromatic carbocycles. The fourth-order valence-corrected chi connectivity index (χ4v) is 2.58. The number of nitrogen functional groups attached to an aromatic ring is 1. The number of carbonyl (C=O) groups excluding carboxylic acids is 1. The summed E-state index contributed by atoms with van der Waals surface area (Å²) in [4.78, 5) is 16.5. The van der Waals surface area contributed by atoms with E-state index in [0.717, 1.165) is 12.8 Å². The van der Waals surface area contributed by atoms with Gasteiger partial charge in [0.2, 0.25) is 0 Å². The molecule has 0 bridgehead atoms. The van der Waals surface area contributed by atoms with Gasteiger partial charge in [-0.05, 0) is 18.4 Å². The number of hydrogen-bond acceptors (Lipinski definition) is 5. The second-order valence-corrected chi connectivity index (χ2v) is 5.33. The Morgan fingerprint density at radius 1 is 1.35 bits per heavy atom. The highest BCUT2D eigenvalue weighted by molar-refractivity contribution is 7.18. The quantitative estimate of drug-likeness (QED) is 0.712. The number of amides is 1. The lowest BCUT2D eigenvalue weighted by molar-refractivity contribution is 0.0958. The molecule has 1 aromatic heterocycles. The van der Waals surface area contributed by atoms with Gasteiger partial charge in [0.1, 0.15) is 10.7 Å². The van der Waals surface area contributed by atoms with Gasteiger partial charge in [0.15, 0.2) is 5.13 Å². The first-order valence-electron chi connectivity index (χ1n) is 6.47. The number of aryl methyl sites for hydroxylation is 1. The van der Waals surface area contributed by atoms with Crippen LogP contribution in [0.25, 0.3) is 0 Å². The van der Waals surface area contributed by atoms with Crippen LogP contribution >= 0.6 is 11.3 Å². The minimum absolute atomic E-state index is 0.158. The van der Waals surface area contributed by atoms with Gasteiger partial charge in [-0.15, -0.1) is 0 Å². The average Bonchev–Trinajstić information content (AvgIpc) is 2.86. The number of anilines is 2. The first-order chi connectivity index (χ1) is 9.70. The summed E-state index contributed by atoms with van der Waals surface area (Å²) < 4.78 is 0. The van der Waals surface area contributed by atoms with E-state index in [1.54, 1.807) is 7.05 Å². The predicted octanol–water partition coefficient (Wildman–Crippen LogP) is 2.13. The summed E-state index contributed by atoms with van der Waals surface area (Å²) in [6, 6.07) is 10.2. The van der Waals surface area contributed by atoms with E-state index in [1.807, 2.05) is 18.2 Å². The number of nitrogens with zero attached hydrogens (tertiary/aromatic N) is 1. The van der Waals surface area contributed by atoms with Crippen molar-refractivity contribution in [2.24, 2.45) is 0 Å². The molecule has 0 unspecified atom stereocenters.